The monoisotopic (exact) mass is 674 g/mol. The number of aliphatic hydroxyl groups excluding tert-OH is 1. The zero-order chi connectivity index (χ0) is 36.0. The summed E-state index contributed by atoms with van der Waals surface area (Å²) in [5.41, 5.74) is -0.536. The molecule has 0 spiro atoms. The summed E-state index contributed by atoms with van der Waals surface area (Å²) < 4.78 is 15.4. The van der Waals surface area contributed by atoms with E-state index >= 15 is 0 Å². The number of ether oxygens (including phenoxy) is 3. The largest absolute Gasteiger partial charge is 0.467 e. The van der Waals surface area contributed by atoms with Crippen molar-refractivity contribution >= 4 is 35.8 Å². The zero-order valence-electron chi connectivity index (χ0n) is 29.2. The molecule has 14 nitrogen and oxygen atoms in total. The highest BCUT2D eigenvalue weighted by Gasteiger charge is 2.53. The minimum atomic E-state index is -1.47. The van der Waals surface area contributed by atoms with Gasteiger partial charge in [0.15, 0.2) is 6.04 Å². The highest BCUT2D eigenvalue weighted by atomic mass is 16.6. The second kappa shape index (κ2) is 15.8. The van der Waals surface area contributed by atoms with E-state index < -0.39 is 77.2 Å². The molecule has 2 aliphatic rings. The van der Waals surface area contributed by atoms with Gasteiger partial charge in [-0.05, 0) is 72.8 Å². The van der Waals surface area contributed by atoms with E-state index in [2.05, 4.69) is 10.6 Å². The van der Waals surface area contributed by atoms with Gasteiger partial charge in [-0.15, -0.1) is 0 Å². The molecular formula is C34H50N4O10. The van der Waals surface area contributed by atoms with Crippen molar-refractivity contribution in [2.24, 2.45) is 0 Å². The number of aliphatic hydroxyl groups is 1. The van der Waals surface area contributed by atoms with Crippen molar-refractivity contribution in [1.82, 2.24) is 20.4 Å². The first kappa shape index (κ1) is 38.2. The van der Waals surface area contributed by atoms with Crippen LogP contribution in [0.15, 0.2) is 24.3 Å². The van der Waals surface area contributed by atoms with Crippen LogP contribution in [0.3, 0.4) is 0 Å². The van der Waals surface area contributed by atoms with Crippen molar-refractivity contribution in [3.63, 3.8) is 0 Å². The topological polar surface area (TPSA) is 181 Å². The maximum Gasteiger partial charge on any atom is 0.408 e. The van der Waals surface area contributed by atoms with Crippen LogP contribution in [0, 0.1) is 6.92 Å². The third-order valence-corrected chi connectivity index (χ3v) is 8.60. The van der Waals surface area contributed by atoms with Gasteiger partial charge in [-0.2, -0.15) is 0 Å². The summed E-state index contributed by atoms with van der Waals surface area (Å²) in [5.74, 6) is -3.23. The quantitative estimate of drug-likeness (QED) is 0.231. The molecule has 2 fully saturated rings. The van der Waals surface area contributed by atoms with E-state index in [9.17, 15) is 33.9 Å². The van der Waals surface area contributed by atoms with Gasteiger partial charge < -0.3 is 39.8 Å². The van der Waals surface area contributed by atoms with Gasteiger partial charge >= 0.3 is 18.0 Å². The number of likely N-dealkylation sites (tertiary alicyclic amines) is 2. The Bertz CT molecular complexity index is 1360. The van der Waals surface area contributed by atoms with Crippen molar-refractivity contribution in [2.45, 2.75) is 122 Å². The Morgan fingerprint density at radius 1 is 1.00 bits per heavy atom. The van der Waals surface area contributed by atoms with Crippen molar-refractivity contribution in [2.75, 3.05) is 20.2 Å². The van der Waals surface area contributed by atoms with E-state index in [0.29, 0.717) is 19.3 Å². The normalized spacial score (nSPS) is 21.8. The molecule has 14 heteroatoms. The number of aryl methyl sites for hydroxylation is 1. The molecule has 0 saturated carbocycles. The molecule has 1 aromatic carbocycles. The van der Waals surface area contributed by atoms with Crippen molar-refractivity contribution in [3.05, 3.63) is 35.4 Å². The second-order valence-corrected chi connectivity index (χ2v) is 13.6. The average Bonchev–Trinajstić information content (AvgIpc) is 3.66. The van der Waals surface area contributed by atoms with Crippen molar-refractivity contribution < 1.29 is 48.1 Å². The number of methoxy groups -OCH3 is 1. The van der Waals surface area contributed by atoms with Gasteiger partial charge in [-0.3, -0.25) is 19.2 Å². The molecule has 2 saturated heterocycles. The lowest BCUT2D eigenvalue weighted by Gasteiger charge is -2.41. The van der Waals surface area contributed by atoms with Crippen LogP contribution in [-0.4, -0.2) is 112 Å². The second-order valence-electron chi connectivity index (χ2n) is 13.6. The third kappa shape index (κ3) is 9.24. The van der Waals surface area contributed by atoms with Crippen LogP contribution in [-0.2, 0) is 44.6 Å². The lowest BCUT2D eigenvalue weighted by Crippen LogP contribution is -2.65. The zero-order valence-corrected chi connectivity index (χ0v) is 29.2. The van der Waals surface area contributed by atoms with Crippen LogP contribution < -0.4 is 10.6 Å². The van der Waals surface area contributed by atoms with Gasteiger partial charge in [0.2, 0.25) is 17.7 Å². The molecule has 1 aromatic rings. The lowest BCUT2D eigenvalue weighted by atomic mass is 9.85. The minimum absolute atomic E-state index is 0.109. The fourth-order valence-corrected chi connectivity index (χ4v) is 6.31. The van der Waals surface area contributed by atoms with E-state index in [1.54, 1.807) is 20.8 Å². The number of esters is 2. The maximum absolute atomic E-state index is 14.5. The molecular weight excluding hydrogens is 624 g/mol. The molecule has 48 heavy (non-hydrogen) atoms. The smallest absolute Gasteiger partial charge is 0.408 e. The number of nitrogens with zero attached hydrogens (tertiary/aromatic N) is 2. The fourth-order valence-electron chi connectivity index (χ4n) is 6.31. The van der Waals surface area contributed by atoms with Crippen LogP contribution in [0.2, 0.25) is 0 Å². The minimum Gasteiger partial charge on any atom is -0.467 e. The number of alkyl carbamates (subject to hydrolysis) is 1. The molecule has 2 heterocycles. The number of nitrogens with one attached hydrogen (secondary N) is 2. The predicted molar refractivity (Wildman–Crippen MR) is 173 cm³/mol. The Morgan fingerprint density at radius 3 is 2.21 bits per heavy atom. The fraction of sp³-hybridized carbons (Fsp3) is 0.647. The number of benzene rings is 1. The molecule has 3 N–H and O–H groups in total. The van der Waals surface area contributed by atoms with E-state index in [1.165, 1.54) is 30.6 Å². The van der Waals surface area contributed by atoms with Gasteiger partial charge in [0.25, 0.3) is 0 Å². The first-order chi connectivity index (χ1) is 22.4. The number of hydrogen-bond donors (Lipinski definition) is 3. The average molecular weight is 675 g/mol. The standard InChI is InChI=1S/C34H50N4O10/c1-20-12-14-24(15-13-20)19-34(31(44)35-27(30(43)46-8)22(3)47-23(4)40)16-10-18-38(34)28(41)25-11-9-17-37(25)29(42)26(21(2)39)36-32(45)48-33(5,6)7/h12-15,21-22,25-27,39H,9-11,16-19H2,1-8H3,(H,35,44)(H,36,45)/t21-,22-,25+,26?,27?,34?/m1/s1. The molecule has 2 aliphatic heterocycles. The summed E-state index contributed by atoms with van der Waals surface area (Å²) in [4.78, 5) is 82.6. The number of carbonyl (C=O) groups is 6. The Morgan fingerprint density at radius 2 is 1.65 bits per heavy atom. The SMILES string of the molecule is COC(=O)C(NC(=O)C1(Cc2ccc(C)cc2)CCCN1C(=O)[C@@H]1CCCN1C(=O)C(NC(=O)OC(C)(C)C)[C@@H](C)O)[C@@H](C)OC(C)=O. The van der Waals surface area contributed by atoms with Gasteiger partial charge in [-0.25, -0.2) is 9.59 Å². The van der Waals surface area contributed by atoms with Crippen molar-refractivity contribution in [3.8, 4) is 0 Å². The number of amides is 4. The Labute approximate surface area is 281 Å². The van der Waals surface area contributed by atoms with Crippen LogP contribution in [0.1, 0.15) is 78.4 Å². The summed E-state index contributed by atoms with van der Waals surface area (Å²) in [6, 6.07) is 3.82. The predicted octanol–water partition coefficient (Wildman–Crippen LogP) is 1.77. The Hall–Kier alpha value is -4.20. The highest BCUT2D eigenvalue weighted by molar-refractivity contribution is 5.98. The van der Waals surface area contributed by atoms with E-state index in [0.717, 1.165) is 18.2 Å². The first-order valence-electron chi connectivity index (χ1n) is 16.3. The van der Waals surface area contributed by atoms with E-state index in [4.69, 9.17) is 14.2 Å². The molecule has 3 unspecified atom stereocenters. The van der Waals surface area contributed by atoms with E-state index in [-0.39, 0.29) is 25.9 Å². The Kier molecular flexibility index (Phi) is 12.6. The summed E-state index contributed by atoms with van der Waals surface area (Å²) in [7, 11) is 1.15. The third-order valence-electron chi connectivity index (χ3n) is 8.60. The van der Waals surface area contributed by atoms with Crippen LogP contribution in [0.25, 0.3) is 0 Å². The lowest BCUT2D eigenvalue weighted by molar-refractivity contribution is -0.159. The summed E-state index contributed by atoms with van der Waals surface area (Å²) in [6.45, 7) is 11.3. The molecule has 0 radical (unpaired) electrons. The van der Waals surface area contributed by atoms with E-state index in [1.807, 2.05) is 31.2 Å². The highest BCUT2D eigenvalue weighted by Crippen LogP contribution is 2.36. The molecule has 4 amide bonds. The van der Waals surface area contributed by atoms with Gasteiger partial charge in [0.1, 0.15) is 29.3 Å². The maximum atomic E-state index is 14.5. The number of rotatable bonds is 11. The van der Waals surface area contributed by atoms with Crippen LogP contribution in [0.5, 0.6) is 0 Å². The molecule has 0 aromatic heterocycles. The van der Waals surface area contributed by atoms with Crippen LogP contribution in [0.4, 0.5) is 4.79 Å². The number of hydrogen-bond acceptors (Lipinski definition) is 10. The molecule has 6 atom stereocenters. The van der Waals surface area contributed by atoms with Gasteiger partial charge in [0, 0.05) is 26.4 Å². The summed E-state index contributed by atoms with van der Waals surface area (Å²) >= 11 is 0. The molecule has 0 aliphatic carbocycles. The molecule has 266 valence electrons. The molecule has 3 rings (SSSR count). The molecule has 0 bridgehead atoms. The van der Waals surface area contributed by atoms with Crippen molar-refractivity contribution in [1.29, 1.82) is 0 Å². The Balaban J connectivity index is 1.98. The number of carbonyl (C=O) groups excluding carboxylic acids is 6. The van der Waals surface area contributed by atoms with Crippen LogP contribution >= 0.6 is 0 Å². The summed E-state index contributed by atoms with van der Waals surface area (Å²) in [6.07, 6.45) is -1.64. The van der Waals surface area contributed by atoms with Gasteiger partial charge in [-0.1, -0.05) is 29.8 Å². The summed E-state index contributed by atoms with van der Waals surface area (Å²) in [5, 5.41) is 15.6. The first-order valence-corrected chi connectivity index (χ1v) is 16.3. The van der Waals surface area contributed by atoms with Gasteiger partial charge in [0.05, 0.1) is 13.2 Å².